The smallest absolute Gasteiger partial charge is 0.140 e. The highest BCUT2D eigenvalue weighted by atomic mass is 16.7. The van der Waals surface area contributed by atoms with Crippen LogP contribution in [-0.4, -0.2) is 32.6 Å². The summed E-state index contributed by atoms with van der Waals surface area (Å²) >= 11 is 0. The molecule has 1 N–H and O–H groups in total. The Hall–Kier alpha value is -3.12. The molecule has 0 bridgehead atoms. The molecule has 1 aromatic carbocycles. The predicted octanol–water partition coefficient (Wildman–Crippen LogP) is 3.45. The highest BCUT2D eigenvalue weighted by Gasteiger charge is 2.16. The van der Waals surface area contributed by atoms with E-state index in [1.807, 2.05) is 42.9 Å². The summed E-state index contributed by atoms with van der Waals surface area (Å²) < 4.78 is 3.90. The Morgan fingerprint density at radius 1 is 1.04 bits per heavy atom. The molecule has 5 rings (SSSR count). The third kappa shape index (κ3) is 3.39. The Bertz CT molecular complexity index is 1060. The van der Waals surface area contributed by atoms with Crippen molar-refractivity contribution in [2.45, 2.75) is 25.5 Å². The van der Waals surface area contributed by atoms with Crippen LogP contribution in [0.5, 0.6) is 0 Å². The zero-order valence-corrected chi connectivity index (χ0v) is 15.7. The monoisotopic (exact) mass is 373 g/mol. The van der Waals surface area contributed by atoms with E-state index < -0.39 is 0 Å². The molecule has 3 aromatic heterocycles. The highest BCUT2D eigenvalue weighted by molar-refractivity contribution is 5.80. The minimum Gasteiger partial charge on any atom is -0.409 e. The van der Waals surface area contributed by atoms with Gasteiger partial charge in [0, 0.05) is 29.7 Å². The van der Waals surface area contributed by atoms with E-state index in [0.717, 1.165) is 53.7 Å². The Balaban J connectivity index is 1.39. The van der Waals surface area contributed by atoms with Crippen LogP contribution in [0.25, 0.3) is 22.2 Å². The first-order chi connectivity index (χ1) is 13.9. The van der Waals surface area contributed by atoms with Crippen molar-refractivity contribution in [2.75, 3.05) is 13.1 Å². The second kappa shape index (κ2) is 7.48. The zero-order chi connectivity index (χ0) is 18.8. The van der Waals surface area contributed by atoms with Crippen LogP contribution in [0.3, 0.4) is 0 Å². The maximum atomic E-state index is 5.99. The average Bonchev–Trinajstić information content (AvgIpc) is 3.41. The van der Waals surface area contributed by atoms with Crippen LogP contribution in [0, 0.1) is 0 Å². The second-order valence-electron chi connectivity index (χ2n) is 7.22. The van der Waals surface area contributed by atoms with Crippen molar-refractivity contribution in [1.29, 1.82) is 0 Å². The lowest BCUT2D eigenvalue weighted by atomic mass is 10.1. The maximum absolute atomic E-state index is 5.99. The molecule has 1 aliphatic rings. The van der Waals surface area contributed by atoms with Crippen molar-refractivity contribution in [2.24, 2.45) is 0 Å². The first kappa shape index (κ1) is 17.0. The Morgan fingerprint density at radius 2 is 1.89 bits per heavy atom. The fraction of sp³-hybridized carbons (Fsp3) is 0.273. The van der Waals surface area contributed by atoms with E-state index in [9.17, 15) is 0 Å². The molecule has 1 fully saturated rings. The van der Waals surface area contributed by atoms with E-state index in [2.05, 4.69) is 44.5 Å². The molecular weight excluding hydrogens is 350 g/mol. The van der Waals surface area contributed by atoms with Crippen LogP contribution >= 0.6 is 0 Å². The first-order valence-corrected chi connectivity index (χ1v) is 9.76. The van der Waals surface area contributed by atoms with Gasteiger partial charge in [-0.1, -0.05) is 30.3 Å². The molecule has 4 aromatic rings. The number of piperidine rings is 1. The molecule has 6 nitrogen and oxygen atoms in total. The molecule has 0 unspecified atom stereocenters. The van der Waals surface area contributed by atoms with Gasteiger partial charge in [-0.2, -0.15) is 9.83 Å². The van der Waals surface area contributed by atoms with Gasteiger partial charge < -0.3 is 10.2 Å². The summed E-state index contributed by atoms with van der Waals surface area (Å²) in [4.78, 5) is 10.6. The van der Waals surface area contributed by atoms with Crippen LogP contribution < -0.4 is 10.2 Å². The molecule has 28 heavy (non-hydrogen) atoms. The topological polar surface area (TPSA) is 56.9 Å². The van der Waals surface area contributed by atoms with Gasteiger partial charge >= 0.3 is 0 Å². The SMILES string of the molecule is c1ccc(COn2ccc3ncc(-c4cnn(C5CCNCC5)c4)cc32)cc1. The van der Waals surface area contributed by atoms with Crippen LogP contribution in [0.15, 0.2) is 67.3 Å². The largest absolute Gasteiger partial charge is 0.409 e. The van der Waals surface area contributed by atoms with Crippen molar-refractivity contribution < 1.29 is 4.84 Å². The Labute approximate surface area is 163 Å². The van der Waals surface area contributed by atoms with Crippen LogP contribution in [0.4, 0.5) is 0 Å². The Kier molecular flexibility index (Phi) is 4.54. The Morgan fingerprint density at radius 3 is 2.75 bits per heavy atom. The molecule has 0 amide bonds. The number of benzene rings is 1. The zero-order valence-electron chi connectivity index (χ0n) is 15.7. The third-order valence-electron chi connectivity index (χ3n) is 5.33. The van der Waals surface area contributed by atoms with Gasteiger partial charge in [-0.05, 0) is 43.6 Å². The van der Waals surface area contributed by atoms with E-state index in [1.165, 1.54) is 0 Å². The van der Waals surface area contributed by atoms with E-state index in [0.29, 0.717) is 12.6 Å². The summed E-state index contributed by atoms with van der Waals surface area (Å²) in [5.74, 6) is 0. The summed E-state index contributed by atoms with van der Waals surface area (Å²) in [6.07, 6.45) is 10.1. The molecule has 0 saturated carbocycles. The number of hydrogen-bond acceptors (Lipinski definition) is 4. The van der Waals surface area contributed by atoms with E-state index in [1.54, 1.807) is 4.73 Å². The van der Waals surface area contributed by atoms with Crippen molar-refractivity contribution in [3.05, 3.63) is 72.8 Å². The average molecular weight is 373 g/mol. The third-order valence-corrected chi connectivity index (χ3v) is 5.33. The van der Waals surface area contributed by atoms with Gasteiger partial charge in [0.05, 0.1) is 17.8 Å². The lowest BCUT2D eigenvalue weighted by molar-refractivity contribution is 0.107. The molecule has 0 atom stereocenters. The van der Waals surface area contributed by atoms with Gasteiger partial charge in [0.1, 0.15) is 12.1 Å². The summed E-state index contributed by atoms with van der Waals surface area (Å²) in [5.41, 5.74) is 5.15. The van der Waals surface area contributed by atoms with Gasteiger partial charge in [-0.3, -0.25) is 9.67 Å². The van der Waals surface area contributed by atoms with Gasteiger partial charge in [0.15, 0.2) is 0 Å². The van der Waals surface area contributed by atoms with Crippen molar-refractivity contribution in [1.82, 2.24) is 24.8 Å². The standard InChI is InChI=1S/C22H23N5O/c1-2-4-17(5-3-1)16-28-27-11-8-21-22(27)12-18(13-24-21)19-14-25-26(15-19)20-6-9-23-10-7-20/h1-5,8,11-15,20,23H,6-7,9-10,16H2. The van der Waals surface area contributed by atoms with E-state index in [-0.39, 0.29) is 0 Å². The number of rotatable bonds is 5. The maximum Gasteiger partial charge on any atom is 0.140 e. The number of fused-ring (bicyclic) bond motifs is 1. The molecule has 0 radical (unpaired) electrons. The molecule has 1 saturated heterocycles. The molecule has 6 heteroatoms. The lowest BCUT2D eigenvalue weighted by Gasteiger charge is -2.22. The van der Waals surface area contributed by atoms with Gasteiger partial charge in [0.2, 0.25) is 0 Å². The fourth-order valence-electron chi connectivity index (χ4n) is 3.73. The number of nitrogens with zero attached hydrogens (tertiary/aromatic N) is 4. The van der Waals surface area contributed by atoms with Gasteiger partial charge in [-0.15, -0.1) is 0 Å². The van der Waals surface area contributed by atoms with Crippen LogP contribution in [0.2, 0.25) is 0 Å². The summed E-state index contributed by atoms with van der Waals surface area (Å²) in [5, 5.41) is 8.01. The number of hydrogen-bond donors (Lipinski definition) is 1. The quantitative estimate of drug-likeness (QED) is 0.582. The van der Waals surface area contributed by atoms with Crippen molar-refractivity contribution >= 4 is 11.0 Å². The van der Waals surface area contributed by atoms with Crippen molar-refractivity contribution in [3.63, 3.8) is 0 Å². The minimum atomic E-state index is 0.477. The lowest BCUT2D eigenvalue weighted by Crippen LogP contribution is -2.29. The summed E-state index contributed by atoms with van der Waals surface area (Å²) in [6.45, 7) is 2.63. The van der Waals surface area contributed by atoms with Crippen molar-refractivity contribution in [3.8, 4) is 11.1 Å². The summed E-state index contributed by atoms with van der Waals surface area (Å²) in [7, 11) is 0. The first-order valence-electron chi connectivity index (χ1n) is 9.76. The molecule has 0 aliphatic carbocycles. The normalized spacial score (nSPS) is 15.1. The van der Waals surface area contributed by atoms with E-state index in [4.69, 9.17) is 4.84 Å². The van der Waals surface area contributed by atoms with Gasteiger partial charge in [-0.25, -0.2) is 0 Å². The van der Waals surface area contributed by atoms with Crippen LogP contribution in [-0.2, 0) is 6.61 Å². The molecule has 0 spiro atoms. The molecule has 4 heterocycles. The fourth-order valence-corrected chi connectivity index (χ4v) is 3.73. The second-order valence-corrected chi connectivity index (χ2v) is 7.22. The minimum absolute atomic E-state index is 0.477. The highest BCUT2D eigenvalue weighted by Crippen LogP contribution is 2.25. The number of nitrogens with one attached hydrogen (secondary N) is 1. The van der Waals surface area contributed by atoms with Gasteiger partial charge in [0.25, 0.3) is 0 Å². The summed E-state index contributed by atoms with van der Waals surface area (Å²) in [6, 6.07) is 14.7. The number of aromatic nitrogens is 4. The molecule has 142 valence electrons. The molecular formula is C22H23N5O. The van der Waals surface area contributed by atoms with Crippen LogP contribution in [0.1, 0.15) is 24.4 Å². The van der Waals surface area contributed by atoms with E-state index >= 15 is 0 Å². The molecule has 1 aliphatic heterocycles. The predicted molar refractivity (Wildman–Crippen MR) is 109 cm³/mol. The number of pyridine rings is 1.